The molecule has 9 heteroatoms. The van der Waals surface area contributed by atoms with E-state index in [-0.39, 0.29) is 15.7 Å². The van der Waals surface area contributed by atoms with Crippen LogP contribution in [0.2, 0.25) is 0 Å². The van der Waals surface area contributed by atoms with Crippen molar-refractivity contribution in [2.45, 2.75) is 29.7 Å². The second-order valence-corrected chi connectivity index (χ2v) is 9.62. The van der Waals surface area contributed by atoms with E-state index in [1.54, 1.807) is 19.1 Å². The van der Waals surface area contributed by atoms with Gasteiger partial charge in [0.05, 0.1) is 9.79 Å². The summed E-state index contributed by atoms with van der Waals surface area (Å²) in [6, 6.07) is 11.3. The van der Waals surface area contributed by atoms with Crippen molar-refractivity contribution >= 4 is 31.5 Å². The first-order valence-corrected chi connectivity index (χ1v) is 11.1. The molecule has 0 heterocycles. The first-order chi connectivity index (χ1) is 12.0. The van der Waals surface area contributed by atoms with E-state index in [1.807, 2.05) is 0 Å². The lowest BCUT2D eigenvalue weighted by atomic mass is 10.1. The van der Waals surface area contributed by atoms with Gasteiger partial charge in [-0.25, -0.2) is 21.6 Å². The number of benzene rings is 2. The summed E-state index contributed by atoms with van der Waals surface area (Å²) in [6.45, 7) is 3.03. The van der Waals surface area contributed by atoms with Crippen LogP contribution in [0.4, 0.5) is 5.69 Å². The second kappa shape index (κ2) is 7.56. The molecule has 0 aliphatic carbocycles. The molecule has 1 unspecified atom stereocenters. The number of hydrogen-bond acceptors (Lipinski definition) is 5. The van der Waals surface area contributed by atoms with Crippen LogP contribution in [0, 0.1) is 0 Å². The topological polar surface area (TPSA) is 109 Å². The van der Waals surface area contributed by atoms with Crippen LogP contribution in [-0.4, -0.2) is 29.0 Å². The van der Waals surface area contributed by atoms with Crippen LogP contribution in [-0.2, 0) is 24.7 Å². The van der Waals surface area contributed by atoms with E-state index in [0.29, 0.717) is 11.3 Å². The number of carbonyl (C=O) groups excluding carboxylic acids is 1. The summed E-state index contributed by atoms with van der Waals surface area (Å²) in [7, 11) is -7.08. The number of sulfonamides is 1. The Labute approximate surface area is 153 Å². The van der Waals surface area contributed by atoms with E-state index in [4.69, 9.17) is 0 Å². The average molecular weight is 396 g/mol. The molecule has 0 saturated carbocycles. The molecule has 2 aromatic rings. The zero-order chi connectivity index (χ0) is 19.5. The molecular formula is C17H20N2O5S2. The number of hydrogen-bond donors (Lipinski definition) is 2. The Bertz CT molecular complexity index is 996. The molecule has 2 aromatic carbocycles. The molecule has 0 fully saturated rings. The van der Waals surface area contributed by atoms with Crippen LogP contribution in [0.5, 0.6) is 0 Å². The van der Waals surface area contributed by atoms with Gasteiger partial charge in [0.1, 0.15) is 0 Å². The van der Waals surface area contributed by atoms with Crippen LogP contribution in [0.25, 0.3) is 0 Å². The van der Waals surface area contributed by atoms with E-state index in [9.17, 15) is 21.6 Å². The highest BCUT2D eigenvalue weighted by atomic mass is 32.2. The van der Waals surface area contributed by atoms with Crippen LogP contribution in [0.1, 0.15) is 25.5 Å². The highest BCUT2D eigenvalue weighted by molar-refractivity contribution is 7.90. The number of sulfone groups is 1. The zero-order valence-electron chi connectivity index (χ0n) is 14.6. The van der Waals surface area contributed by atoms with Crippen molar-refractivity contribution in [2.75, 3.05) is 11.6 Å². The molecule has 2 rings (SSSR count). The maximum atomic E-state index is 12.5. The molecule has 1 atom stereocenters. The zero-order valence-corrected chi connectivity index (χ0v) is 16.2. The number of carbonyl (C=O) groups is 1. The predicted molar refractivity (Wildman–Crippen MR) is 99.0 cm³/mol. The van der Waals surface area contributed by atoms with Gasteiger partial charge in [-0.05, 0) is 48.9 Å². The molecule has 0 radical (unpaired) electrons. The van der Waals surface area contributed by atoms with Gasteiger partial charge in [0, 0.05) is 24.9 Å². The Morgan fingerprint density at radius 1 is 0.885 bits per heavy atom. The number of anilines is 1. The molecule has 2 N–H and O–H groups in total. The van der Waals surface area contributed by atoms with Crippen molar-refractivity contribution in [3.05, 3.63) is 54.1 Å². The summed E-state index contributed by atoms with van der Waals surface area (Å²) in [5.41, 5.74) is 1.14. The molecule has 0 saturated heterocycles. The number of rotatable bonds is 6. The maximum absolute atomic E-state index is 12.5. The Morgan fingerprint density at radius 2 is 1.38 bits per heavy atom. The van der Waals surface area contributed by atoms with Crippen LogP contribution in [0.15, 0.2) is 58.3 Å². The summed E-state index contributed by atoms with van der Waals surface area (Å²) in [6.07, 6.45) is 1.11. The van der Waals surface area contributed by atoms with Crippen molar-refractivity contribution in [1.29, 1.82) is 0 Å². The van der Waals surface area contributed by atoms with Gasteiger partial charge in [-0.15, -0.1) is 0 Å². The average Bonchev–Trinajstić information content (AvgIpc) is 2.53. The summed E-state index contributed by atoms with van der Waals surface area (Å²) in [5, 5.41) is 2.56. The molecule has 0 aliphatic heterocycles. The molecule has 0 aromatic heterocycles. The number of amides is 1. The van der Waals surface area contributed by atoms with Gasteiger partial charge in [-0.2, -0.15) is 0 Å². The quantitative estimate of drug-likeness (QED) is 0.777. The summed E-state index contributed by atoms with van der Waals surface area (Å²) < 4.78 is 50.5. The fourth-order valence-electron chi connectivity index (χ4n) is 2.29. The Morgan fingerprint density at radius 3 is 1.85 bits per heavy atom. The lowest BCUT2D eigenvalue weighted by molar-refractivity contribution is -0.114. The van der Waals surface area contributed by atoms with E-state index >= 15 is 0 Å². The van der Waals surface area contributed by atoms with E-state index in [0.717, 1.165) is 6.26 Å². The fourth-order valence-corrected chi connectivity index (χ4v) is 4.16. The standard InChI is InChI=1S/C17H20N2O5S2/c1-12(14-4-8-16(9-5-14)25(3,21)22)19-26(23,24)17-10-6-15(7-11-17)18-13(2)20/h4-12,19H,1-3H3,(H,18,20). The molecule has 140 valence electrons. The molecule has 7 nitrogen and oxygen atoms in total. The SMILES string of the molecule is CC(=O)Nc1ccc(S(=O)(=O)NC(C)c2ccc(S(C)(=O)=O)cc2)cc1. The first-order valence-electron chi connectivity index (χ1n) is 7.69. The highest BCUT2D eigenvalue weighted by Crippen LogP contribution is 2.20. The minimum atomic E-state index is -3.77. The molecule has 0 spiro atoms. The van der Waals surface area contributed by atoms with E-state index in [2.05, 4.69) is 10.0 Å². The van der Waals surface area contributed by atoms with Crippen LogP contribution in [0.3, 0.4) is 0 Å². The Hall–Kier alpha value is -2.23. The van der Waals surface area contributed by atoms with Gasteiger partial charge in [-0.1, -0.05) is 12.1 Å². The monoisotopic (exact) mass is 396 g/mol. The predicted octanol–water partition coefficient (Wildman–Crippen LogP) is 2.09. The van der Waals surface area contributed by atoms with Gasteiger partial charge in [-0.3, -0.25) is 4.79 Å². The second-order valence-electron chi connectivity index (χ2n) is 5.89. The van der Waals surface area contributed by atoms with Gasteiger partial charge < -0.3 is 5.32 Å². The summed E-state index contributed by atoms with van der Waals surface area (Å²) >= 11 is 0. The smallest absolute Gasteiger partial charge is 0.241 e. The molecular weight excluding hydrogens is 376 g/mol. The van der Waals surface area contributed by atoms with Gasteiger partial charge in [0.15, 0.2) is 9.84 Å². The van der Waals surface area contributed by atoms with Crippen molar-refractivity contribution in [3.63, 3.8) is 0 Å². The molecule has 26 heavy (non-hydrogen) atoms. The molecule has 1 amide bonds. The third-order valence-corrected chi connectivity index (χ3v) is 6.31. The lowest BCUT2D eigenvalue weighted by Crippen LogP contribution is -2.26. The normalized spacial score (nSPS) is 13.2. The Kier molecular flexibility index (Phi) is 5.84. The van der Waals surface area contributed by atoms with Crippen LogP contribution >= 0.6 is 0 Å². The van der Waals surface area contributed by atoms with Gasteiger partial charge >= 0.3 is 0 Å². The first kappa shape index (κ1) is 20.1. The molecule has 0 aliphatic rings. The Balaban J connectivity index is 2.16. The fraction of sp³-hybridized carbons (Fsp3) is 0.235. The van der Waals surface area contributed by atoms with Gasteiger partial charge in [0.2, 0.25) is 15.9 Å². The van der Waals surface area contributed by atoms with E-state index < -0.39 is 25.9 Å². The maximum Gasteiger partial charge on any atom is 0.241 e. The number of nitrogens with one attached hydrogen (secondary N) is 2. The summed E-state index contributed by atoms with van der Waals surface area (Å²) in [5.74, 6) is -0.245. The van der Waals surface area contributed by atoms with Crippen LogP contribution < -0.4 is 10.0 Å². The molecule has 0 bridgehead atoms. The highest BCUT2D eigenvalue weighted by Gasteiger charge is 2.19. The third kappa shape index (κ3) is 5.13. The summed E-state index contributed by atoms with van der Waals surface area (Å²) in [4.78, 5) is 11.2. The van der Waals surface area contributed by atoms with Gasteiger partial charge in [0.25, 0.3) is 0 Å². The van der Waals surface area contributed by atoms with E-state index in [1.165, 1.54) is 43.3 Å². The minimum Gasteiger partial charge on any atom is -0.326 e. The lowest BCUT2D eigenvalue weighted by Gasteiger charge is -2.15. The van der Waals surface area contributed by atoms with Crippen molar-refractivity contribution < 1.29 is 21.6 Å². The third-order valence-electron chi connectivity index (χ3n) is 3.63. The van der Waals surface area contributed by atoms with Crippen molar-refractivity contribution in [2.24, 2.45) is 0 Å². The minimum absolute atomic E-state index is 0.0613. The largest absolute Gasteiger partial charge is 0.326 e. The van der Waals surface area contributed by atoms with Crippen molar-refractivity contribution in [3.8, 4) is 0 Å². The van der Waals surface area contributed by atoms with Crippen molar-refractivity contribution in [1.82, 2.24) is 4.72 Å².